The molecule has 0 amide bonds. The quantitative estimate of drug-likeness (QED) is 0.146. The van der Waals surface area contributed by atoms with Gasteiger partial charge in [0.2, 0.25) is 0 Å². The Balaban J connectivity index is 0.000000139. The molecule has 2 aliphatic carbocycles. The van der Waals surface area contributed by atoms with E-state index in [1.54, 1.807) is 12.7 Å². The summed E-state index contributed by atoms with van der Waals surface area (Å²) >= 11 is 0. The van der Waals surface area contributed by atoms with Crippen LogP contribution in [0.15, 0.2) is 86.0 Å². The second-order valence-electron chi connectivity index (χ2n) is 18.4. The van der Waals surface area contributed by atoms with Gasteiger partial charge in [-0.1, -0.05) is 81.4 Å². The van der Waals surface area contributed by atoms with Crippen molar-refractivity contribution in [1.82, 2.24) is 39.0 Å². The van der Waals surface area contributed by atoms with Crippen molar-refractivity contribution in [1.29, 1.82) is 0 Å². The van der Waals surface area contributed by atoms with Crippen LogP contribution in [0.4, 0.5) is 11.6 Å². The van der Waals surface area contributed by atoms with E-state index in [4.69, 9.17) is 45.6 Å². The Morgan fingerprint density at radius 1 is 0.609 bits per heavy atom. The Bertz CT molecular complexity index is 2570. The maximum absolute atomic E-state index is 6.70. The number of anilines is 2. The molecule has 2 saturated carbocycles. The van der Waals surface area contributed by atoms with Crippen molar-refractivity contribution in [2.24, 2.45) is 17.6 Å². The number of ether oxygens (including phenoxy) is 6. The van der Waals surface area contributed by atoms with Crippen LogP contribution in [0.2, 0.25) is 0 Å². The topological polar surface area (TPSA) is 221 Å². The molecular weight excluding hydrogens is 815 g/mol. The minimum atomic E-state index is -0.647. The van der Waals surface area contributed by atoms with Gasteiger partial charge in [-0.05, 0) is 82.8 Å². The van der Waals surface area contributed by atoms with E-state index in [1.165, 1.54) is 23.8 Å². The van der Waals surface area contributed by atoms with E-state index >= 15 is 0 Å². The van der Waals surface area contributed by atoms with Gasteiger partial charge in [0.1, 0.15) is 59.3 Å². The molecule has 2 spiro atoms. The van der Waals surface area contributed by atoms with Crippen LogP contribution in [0, 0.1) is 11.8 Å². The normalized spacial score (nSPS) is 32.1. The highest BCUT2D eigenvalue weighted by molar-refractivity contribution is 5.82. The molecule has 2 unspecified atom stereocenters. The molecule has 64 heavy (non-hydrogen) atoms. The van der Waals surface area contributed by atoms with Crippen molar-refractivity contribution in [2.45, 2.75) is 147 Å². The number of fused-ring (bicyclic) bond motifs is 6. The number of rotatable bonds is 8. The lowest BCUT2D eigenvalue weighted by Gasteiger charge is -2.25. The summed E-state index contributed by atoms with van der Waals surface area (Å²) in [4.78, 5) is 25.6. The smallest absolute Gasteiger partial charge is 0.167 e. The van der Waals surface area contributed by atoms with Crippen LogP contribution in [0.3, 0.4) is 0 Å². The fourth-order valence-corrected chi connectivity index (χ4v) is 10.3. The van der Waals surface area contributed by atoms with Crippen molar-refractivity contribution >= 4 is 34.0 Å². The zero-order valence-electron chi connectivity index (χ0n) is 36.4. The van der Waals surface area contributed by atoms with Gasteiger partial charge in [-0.3, -0.25) is 9.13 Å². The fraction of sp³-hybridized carbons (Fsp3) is 0.532. The highest BCUT2D eigenvalue weighted by Crippen LogP contribution is 2.65. The zero-order chi connectivity index (χ0) is 43.7. The van der Waals surface area contributed by atoms with Crippen LogP contribution >= 0.6 is 0 Å². The zero-order valence-corrected chi connectivity index (χ0v) is 36.4. The minimum absolute atomic E-state index is 0. The number of hydrogen-bond donors (Lipinski definition) is 3. The van der Waals surface area contributed by atoms with Crippen LogP contribution < -0.4 is 17.2 Å². The summed E-state index contributed by atoms with van der Waals surface area (Å²) in [6.45, 7) is 10.7. The van der Waals surface area contributed by atoms with Gasteiger partial charge in [-0.15, -0.1) is 0 Å². The summed E-state index contributed by atoms with van der Waals surface area (Å²) < 4.78 is 42.1. The first-order chi connectivity index (χ1) is 30.4. The summed E-state index contributed by atoms with van der Waals surface area (Å²) in [5.41, 5.74) is 21.7. The van der Waals surface area contributed by atoms with E-state index in [0.29, 0.717) is 52.3 Å². The average molecular weight is 876 g/mol. The van der Waals surface area contributed by atoms with Crippen molar-refractivity contribution < 1.29 is 28.4 Å². The standard InChI is InChI=1S/C23H27N5O3.C16H21N5O3.C7H9N.CH4/c1-22(2)29-17-18(30-22)23(11-15(23)10-6-9-14-7-4-3-5-8-14)31-21(17)28-13-27-16-19(24)25-12-26-20(16)28;1-4-8-5-16(8)11-10(22-15(2,3)23-11)14(24-16)21-7-20-9-12(17)18-6-19-13(9)21;8-6-7-4-2-1-3-5-7;/h3-5,7-8,12-13,15,17-18,21H,6,9-11H2,1-2H3,(H2,24,25,26);6-8,10-11,14H,4-5H2,1-3H3,(H2,17,18,19);1-5H,6,8H2;1H4/t15-,17?,18+,21+,23-;8-,10?,11+,14+,16-;;/m00../s1. The largest absolute Gasteiger partial charge is 0.382 e. The number of aromatic nitrogens is 8. The highest BCUT2D eigenvalue weighted by Gasteiger charge is 2.74. The van der Waals surface area contributed by atoms with Gasteiger partial charge >= 0.3 is 0 Å². The Hall–Kier alpha value is -5.14. The highest BCUT2D eigenvalue weighted by atomic mass is 16.8. The maximum Gasteiger partial charge on any atom is 0.167 e. The molecule has 4 aliphatic heterocycles. The SMILES string of the molecule is C.CC1(C)OC2[C@H](n3cnc4c(N)ncnc43)O[C@]3(C[C@@H]3CCCc3ccccc3)[C@@H]2O1.CC[C@H]1C[C@]12O[C@@H](n1cnc3c(N)ncnc31)C1OC(C)(C)O[C@H]12.NCc1ccccc1. The first-order valence-corrected chi connectivity index (χ1v) is 22.1. The molecule has 6 fully saturated rings. The molecule has 8 heterocycles. The first kappa shape index (κ1) is 44.1. The van der Waals surface area contributed by atoms with Gasteiger partial charge in [-0.25, -0.2) is 29.9 Å². The predicted octanol–water partition coefficient (Wildman–Crippen LogP) is 6.65. The monoisotopic (exact) mass is 875 g/mol. The Kier molecular flexibility index (Phi) is 11.5. The molecule has 17 nitrogen and oxygen atoms in total. The number of aryl methyl sites for hydroxylation is 1. The molecule has 340 valence electrons. The Morgan fingerprint density at radius 3 is 1.53 bits per heavy atom. The van der Waals surface area contributed by atoms with E-state index in [2.05, 4.69) is 67.2 Å². The molecule has 6 aromatic rings. The lowest BCUT2D eigenvalue weighted by atomic mass is 10.0. The molecule has 6 N–H and O–H groups in total. The van der Waals surface area contributed by atoms with Crippen molar-refractivity contribution in [3.05, 3.63) is 97.1 Å². The van der Waals surface area contributed by atoms with Crippen LogP contribution in [-0.4, -0.2) is 86.2 Å². The number of imidazole rings is 2. The van der Waals surface area contributed by atoms with Gasteiger partial charge in [0.15, 0.2) is 47.0 Å². The molecular formula is C47H61N11O6. The maximum atomic E-state index is 6.70. The lowest BCUT2D eigenvalue weighted by Crippen LogP contribution is -2.33. The number of nitrogens with zero attached hydrogens (tertiary/aromatic N) is 8. The first-order valence-electron chi connectivity index (χ1n) is 22.1. The molecule has 10 atom stereocenters. The molecule has 4 saturated heterocycles. The van der Waals surface area contributed by atoms with E-state index in [1.807, 2.05) is 67.2 Å². The van der Waals surface area contributed by atoms with E-state index in [0.717, 1.165) is 38.5 Å². The summed E-state index contributed by atoms with van der Waals surface area (Å²) in [5.74, 6) is 0.427. The van der Waals surface area contributed by atoms with Gasteiger partial charge in [0, 0.05) is 6.54 Å². The number of hydrogen-bond acceptors (Lipinski definition) is 15. The van der Waals surface area contributed by atoms with Crippen LogP contribution in [0.1, 0.15) is 97.7 Å². The van der Waals surface area contributed by atoms with Crippen molar-refractivity contribution in [3.63, 3.8) is 0 Å². The van der Waals surface area contributed by atoms with E-state index in [-0.39, 0.29) is 55.5 Å². The summed E-state index contributed by atoms with van der Waals surface area (Å²) in [7, 11) is 0. The van der Waals surface area contributed by atoms with Gasteiger partial charge < -0.3 is 45.6 Å². The van der Waals surface area contributed by atoms with Gasteiger partial charge in [0.05, 0.1) is 12.7 Å². The van der Waals surface area contributed by atoms with Crippen molar-refractivity contribution in [3.8, 4) is 0 Å². The summed E-state index contributed by atoms with van der Waals surface area (Å²) in [5, 5.41) is 0. The number of nitrogen functional groups attached to an aromatic ring is 2. The molecule has 2 aromatic carbocycles. The molecule has 12 rings (SSSR count). The third-order valence-electron chi connectivity index (χ3n) is 13.4. The third kappa shape index (κ3) is 7.80. The summed E-state index contributed by atoms with van der Waals surface area (Å²) in [6, 6.07) is 20.6. The van der Waals surface area contributed by atoms with Gasteiger partial charge in [0.25, 0.3) is 0 Å². The Morgan fingerprint density at radius 2 is 1.08 bits per heavy atom. The number of benzene rings is 2. The molecule has 17 heteroatoms. The predicted molar refractivity (Wildman–Crippen MR) is 240 cm³/mol. The van der Waals surface area contributed by atoms with Crippen LogP contribution in [0.5, 0.6) is 0 Å². The fourth-order valence-electron chi connectivity index (χ4n) is 10.3. The second kappa shape index (κ2) is 16.7. The second-order valence-corrected chi connectivity index (χ2v) is 18.4. The molecule has 0 radical (unpaired) electrons. The van der Waals surface area contributed by atoms with E-state index < -0.39 is 11.6 Å². The molecule has 6 aliphatic rings. The lowest BCUT2D eigenvalue weighted by molar-refractivity contribution is -0.203. The number of nitrogens with two attached hydrogens (primary N) is 3. The van der Waals surface area contributed by atoms with E-state index in [9.17, 15) is 0 Å². The van der Waals surface area contributed by atoms with Crippen LogP contribution in [-0.2, 0) is 41.4 Å². The Labute approximate surface area is 373 Å². The molecule has 4 aromatic heterocycles. The average Bonchev–Trinajstić information content (AvgIpc) is 3.59. The van der Waals surface area contributed by atoms with Crippen LogP contribution in [0.25, 0.3) is 22.3 Å². The third-order valence-corrected chi connectivity index (χ3v) is 13.4. The molecule has 0 bridgehead atoms. The van der Waals surface area contributed by atoms with Crippen molar-refractivity contribution in [2.75, 3.05) is 11.5 Å². The minimum Gasteiger partial charge on any atom is -0.382 e. The summed E-state index contributed by atoms with van der Waals surface area (Å²) in [6.07, 6.45) is 11.4. The van der Waals surface area contributed by atoms with Gasteiger partial charge in [-0.2, -0.15) is 0 Å².